The van der Waals surface area contributed by atoms with Gasteiger partial charge in [0.25, 0.3) is 10.0 Å². The number of hydrogen-bond donors (Lipinski definition) is 1. The molecule has 1 amide bonds. The van der Waals surface area contributed by atoms with Gasteiger partial charge in [0.1, 0.15) is 5.82 Å². The number of nitrogens with one attached hydrogen (secondary N) is 1. The fourth-order valence-electron chi connectivity index (χ4n) is 3.09. The van der Waals surface area contributed by atoms with E-state index in [1.807, 2.05) is 6.07 Å². The van der Waals surface area contributed by atoms with Crippen LogP contribution >= 0.6 is 0 Å². The van der Waals surface area contributed by atoms with E-state index in [9.17, 15) is 17.6 Å². The van der Waals surface area contributed by atoms with Crippen molar-refractivity contribution in [2.75, 3.05) is 16.2 Å². The first-order chi connectivity index (χ1) is 12.3. The van der Waals surface area contributed by atoms with Crippen molar-refractivity contribution in [3.8, 4) is 0 Å². The van der Waals surface area contributed by atoms with Crippen LogP contribution in [0.5, 0.6) is 0 Å². The average Bonchev–Trinajstić information content (AvgIpc) is 2.62. The summed E-state index contributed by atoms with van der Waals surface area (Å²) in [5.74, 6) is -0.438. The summed E-state index contributed by atoms with van der Waals surface area (Å²) < 4.78 is 41.1. The lowest BCUT2D eigenvalue weighted by molar-refractivity contribution is -0.118. The number of hydrogen-bond acceptors (Lipinski definition) is 3. The van der Waals surface area contributed by atoms with Crippen molar-refractivity contribution in [3.63, 3.8) is 0 Å². The maximum absolute atomic E-state index is 13.4. The largest absolute Gasteiger partial charge is 0.312 e. The molecule has 7 heteroatoms. The summed E-state index contributed by atoms with van der Waals surface area (Å²) in [6, 6.07) is 8.89. The Morgan fingerprint density at radius 3 is 2.69 bits per heavy atom. The van der Waals surface area contributed by atoms with Gasteiger partial charge in [0.05, 0.1) is 10.6 Å². The van der Waals surface area contributed by atoms with E-state index in [1.54, 1.807) is 24.0 Å². The van der Waals surface area contributed by atoms with Gasteiger partial charge < -0.3 is 4.90 Å². The van der Waals surface area contributed by atoms with Gasteiger partial charge in [-0.25, -0.2) is 12.8 Å². The normalized spacial score (nSPS) is 14.0. The van der Waals surface area contributed by atoms with Crippen molar-refractivity contribution in [3.05, 3.63) is 53.3 Å². The van der Waals surface area contributed by atoms with Crippen LogP contribution in [0.1, 0.15) is 30.9 Å². The molecule has 5 nitrogen and oxygen atoms in total. The molecule has 0 bridgehead atoms. The second-order valence-electron chi connectivity index (χ2n) is 6.36. The Labute approximate surface area is 152 Å². The molecule has 26 heavy (non-hydrogen) atoms. The third-order valence-corrected chi connectivity index (χ3v) is 5.88. The highest BCUT2D eigenvalue weighted by atomic mass is 32.2. The van der Waals surface area contributed by atoms with Gasteiger partial charge in [0.15, 0.2) is 0 Å². The van der Waals surface area contributed by atoms with Crippen LogP contribution in [0.15, 0.2) is 41.3 Å². The zero-order valence-corrected chi connectivity index (χ0v) is 15.6. The smallest absolute Gasteiger partial charge is 0.261 e. The van der Waals surface area contributed by atoms with Gasteiger partial charge in [-0.3, -0.25) is 9.52 Å². The molecule has 1 aliphatic rings. The van der Waals surface area contributed by atoms with Crippen molar-refractivity contribution in [1.29, 1.82) is 0 Å². The zero-order chi connectivity index (χ0) is 18.9. The number of anilines is 2. The second-order valence-corrected chi connectivity index (χ2v) is 8.04. The molecular weight excluding hydrogens is 355 g/mol. The van der Waals surface area contributed by atoms with Gasteiger partial charge in [-0.1, -0.05) is 13.0 Å². The highest BCUT2D eigenvalue weighted by Crippen LogP contribution is 2.31. The molecular formula is C19H21FN2O3S. The van der Waals surface area contributed by atoms with Crippen molar-refractivity contribution in [2.45, 2.75) is 38.0 Å². The molecule has 1 aliphatic heterocycles. The molecule has 0 radical (unpaired) electrons. The standard InChI is InChI=1S/C19H21FN2O3S/c1-3-19(23)22-10-4-5-14-6-7-15(12-18(14)22)21-26(24,25)16-8-9-17(20)13(2)11-16/h6-9,11-12,21H,3-5,10H2,1-2H3. The summed E-state index contributed by atoms with van der Waals surface area (Å²) in [7, 11) is -3.84. The van der Waals surface area contributed by atoms with Gasteiger partial charge in [0.2, 0.25) is 5.91 Å². The fraction of sp³-hybridized carbons (Fsp3) is 0.316. The predicted molar refractivity (Wildman–Crippen MR) is 99.4 cm³/mol. The zero-order valence-electron chi connectivity index (χ0n) is 14.8. The van der Waals surface area contributed by atoms with Crippen LogP contribution in [-0.2, 0) is 21.2 Å². The van der Waals surface area contributed by atoms with E-state index in [1.165, 1.54) is 19.1 Å². The van der Waals surface area contributed by atoms with Gasteiger partial charge in [-0.05, 0) is 61.2 Å². The first kappa shape index (κ1) is 18.4. The number of aryl methyl sites for hydroxylation is 2. The Hall–Kier alpha value is -2.41. The Kier molecular flexibility index (Phi) is 5.00. The first-order valence-electron chi connectivity index (χ1n) is 8.54. The first-order valence-corrected chi connectivity index (χ1v) is 10.0. The molecule has 2 aromatic rings. The predicted octanol–water partition coefficient (Wildman–Crippen LogP) is 3.62. The third-order valence-electron chi connectivity index (χ3n) is 4.50. The lowest BCUT2D eigenvalue weighted by atomic mass is 10.0. The van der Waals surface area contributed by atoms with E-state index >= 15 is 0 Å². The number of fused-ring (bicyclic) bond motifs is 1. The summed E-state index contributed by atoms with van der Waals surface area (Å²) in [6.45, 7) is 3.95. The highest BCUT2D eigenvalue weighted by Gasteiger charge is 2.23. The maximum Gasteiger partial charge on any atom is 0.261 e. The number of rotatable bonds is 4. The molecule has 0 spiro atoms. The van der Waals surface area contributed by atoms with Crippen molar-refractivity contribution >= 4 is 27.3 Å². The van der Waals surface area contributed by atoms with Gasteiger partial charge in [0, 0.05) is 18.7 Å². The minimum absolute atomic E-state index is 0.00406. The molecule has 0 saturated heterocycles. The number of sulfonamides is 1. The van der Waals surface area contributed by atoms with E-state index in [-0.39, 0.29) is 16.4 Å². The quantitative estimate of drug-likeness (QED) is 0.886. The van der Waals surface area contributed by atoms with Crippen LogP contribution in [0, 0.1) is 12.7 Å². The van der Waals surface area contributed by atoms with Crippen LogP contribution in [0.4, 0.5) is 15.8 Å². The van der Waals surface area contributed by atoms with Crippen LogP contribution < -0.4 is 9.62 Å². The summed E-state index contributed by atoms with van der Waals surface area (Å²) >= 11 is 0. The molecule has 0 atom stereocenters. The number of nitrogens with zero attached hydrogens (tertiary/aromatic N) is 1. The molecule has 1 N–H and O–H groups in total. The molecule has 1 heterocycles. The second kappa shape index (κ2) is 7.07. The molecule has 0 aliphatic carbocycles. The number of amides is 1. The SMILES string of the molecule is CCC(=O)N1CCCc2ccc(NS(=O)(=O)c3ccc(F)c(C)c3)cc21. The molecule has 138 valence electrons. The monoisotopic (exact) mass is 376 g/mol. The van der Waals surface area contributed by atoms with Crippen molar-refractivity contribution in [1.82, 2.24) is 0 Å². The Morgan fingerprint density at radius 1 is 1.23 bits per heavy atom. The van der Waals surface area contributed by atoms with Gasteiger partial charge in [-0.15, -0.1) is 0 Å². The molecule has 2 aromatic carbocycles. The van der Waals surface area contributed by atoms with Gasteiger partial charge >= 0.3 is 0 Å². The molecule has 0 unspecified atom stereocenters. The number of carbonyl (C=O) groups excluding carboxylic acids is 1. The van der Waals surface area contributed by atoms with E-state index in [0.29, 0.717) is 18.7 Å². The van der Waals surface area contributed by atoms with E-state index in [0.717, 1.165) is 30.2 Å². The van der Waals surface area contributed by atoms with Crippen LogP contribution in [-0.4, -0.2) is 20.9 Å². The minimum atomic E-state index is -3.84. The van der Waals surface area contributed by atoms with E-state index < -0.39 is 15.8 Å². The number of halogens is 1. The summed E-state index contributed by atoms with van der Waals surface area (Å²) in [6.07, 6.45) is 2.13. The van der Waals surface area contributed by atoms with Crippen molar-refractivity contribution < 1.29 is 17.6 Å². The lowest BCUT2D eigenvalue weighted by Gasteiger charge is -2.29. The van der Waals surface area contributed by atoms with Gasteiger partial charge in [-0.2, -0.15) is 0 Å². The molecule has 0 fully saturated rings. The van der Waals surface area contributed by atoms with Crippen molar-refractivity contribution in [2.24, 2.45) is 0 Å². The van der Waals surface area contributed by atoms with Crippen LogP contribution in [0.2, 0.25) is 0 Å². The van der Waals surface area contributed by atoms with E-state index in [4.69, 9.17) is 0 Å². The van der Waals surface area contributed by atoms with Crippen LogP contribution in [0.3, 0.4) is 0 Å². The Bertz CT molecular complexity index is 957. The minimum Gasteiger partial charge on any atom is -0.312 e. The van der Waals surface area contributed by atoms with E-state index in [2.05, 4.69) is 4.72 Å². The highest BCUT2D eigenvalue weighted by molar-refractivity contribution is 7.92. The molecule has 3 rings (SSSR count). The summed E-state index contributed by atoms with van der Waals surface area (Å²) in [4.78, 5) is 13.9. The Morgan fingerprint density at radius 2 is 2.00 bits per heavy atom. The Balaban J connectivity index is 1.93. The summed E-state index contributed by atoms with van der Waals surface area (Å²) in [5, 5.41) is 0. The number of benzene rings is 2. The molecule has 0 aromatic heterocycles. The third kappa shape index (κ3) is 3.58. The molecule has 0 saturated carbocycles. The topological polar surface area (TPSA) is 66.5 Å². The average molecular weight is 376 g/mol. The maximum atomic E-state index is 13.4. The summed E-state index contributed by atoms with van der Waals surface area (Å²) in [5.41, 5.74) is 2.41. The fourth-order valence-corrected chi connectivity index (χ4v) is 4.22. The van der Waals surface area contributed by atoms with Crippen LogP contribution in [0.25, 0.3) is 0 Å². The lowest BCUT2D eigenvalue weighted by Crippen LogP contribution is -2.35. The number of carbonyl (C=O) groups is 1.